The number of nitrogens with two attached hydrogens (primary N) is 1. The van der Waals surface area contributed by atoms with E-state index < -0.39 is 64.0 Å². The van der Waals surface area contributed by atoms with Gasteiger partial charge in [0.2, 0.25) is 0 Å². The molecule has 0 aliphatic carbocycles. The lowest BCUT2D eigenvalue weighted by atomic mass is 10.1. The lowest BCUT2D eigenvalue weighted by Crippen LogP contribution is -2.41. The van der Waals surface area contributed by atoms with E-state index in [1.165, 1.54) is 7.11 Å². The minimum absolute atomic E-state index is 0.0191. The van der Waals surface area contributed by atoms with Crippen molar-refractivity contribution in [3.8, 4) is 0 Å². The number of halogens is 4. The molecule has 0 radical (unpaired) electrons. The molecule has 1 heterocycles. The number of amides is 1. The Morgan fingerprint density at radius 2 is 1.76 bits per heavy atom. The van der Waals surface area contributed by atoms with Gasteiger partial charge in [0, 0.05) is 7.11 Å². The van der Waals surface area contributed by atoms with Crippen molar-refractivity contribution in [3.63, 3.8) is 0 Å². The Hall–Kier alpha value is -3.93. The molecule has 0 saturated heterocycles. The highest BCUT2D eigenvalue weighted by Crippen LogP contribution is 2.25. The molecule has 0 fully saturated rings. The molecule has 0 saturated carbocycles. The summed E-state index contributed by atoms with van der Waals surface area (Å²) in [5, 5.41) is 0. The van der Waals surface area contributed by atoms with Crippen LogP contribution in [-0.2, 0) is 17.8 Å². The van der Waals surface area contributed by atoms with Gasteiger partial charge in [-0.3, -0.25) is 24.0 Å². The Kier molecular flexibility index (Phi) is 6.97. The number of hydrogen-bond acceptors (Lipinski definition) is 5. The van der Waals surface area contributed by atoms with Crippen LogP contribution in [0.1, 0.15) is 15.9 Å². The number of carbonyl (C=O) groups is 1. The molecular formula is C21H18F4N4O4. The van der Waals surface area contributed by atoms with Gasteiger partial charge in [0.25, 0.3) is 11.5 Å². The molecule has 0 aliphatic heterocycles. The summed E-state index contributed by atoms with van der Waals surface area (Å²) in [7, 11) is 1.36. The van der Waals surface area contributed by atoms with Gasteiger partial charge in [0.15, 0.2) is 29.0 Å². The minimum Gasteiger partial charge on any atom is -0.383 e. The van der Waals surface area contributed by atoms with Crippen molar-refractivity contribution in [2.24, 2.45) is 0 Å². The highest BCUT2D eigenvalue weighted by atomic mass is 19.2. The van der Waals surface area contributed by atoms with Gasteiger partial charge in [-0.15, -0.1) is 0 Å². The van der Waals surface area contributed by atoms with Crippen LogP contribution in [0.4, 0.5) is 29.1 Å². The number of methoxy groups -OCH3 is 1. The Morgan fingerprint density at radius 1 is 1.09 bits per heavy atom. The van der Waals surface area contributed by atoms with Crippen LogP contribution in [0.3, 0.4) is 0 Å². The van der Waals surface area contributed by atoms with Crippen LogP contribution in [0, 0.1) is 23.3 Å². The number of aromatic nitrogens is 2. The molecule has 2 aromatic carbocycles. The van der Waals surface area contributed by atoms with Crippen molar-refractivity contribution >= 4 is 17.4 Å². The van der Waals surface area contributed by atoms with E-state index in [2.05, 4.69) is 0 Å². The molecule has 3 N–H and O–H groups in total. The number of hydrogen-bond donors (Lipinski definition) is 2. The number of ether oxygens (including phenoxy) is 1. The zero-order chi connectivity index (χ0) is 24.3. The van der Waals surface area contributed by atoms with E-state index >= 15 is 0 Å². The Bertz CT molecular complexity index is 1310. The fraction of sp³-hybridized carbons (Fsp3) is 0.190. The quantitative estimate of drug-likeness (QED) is 0.315. The van der Waals surface area contributed by atoms with E-state index in [0.29, 0.717) is 10.5 Å². The van der Waals surface area contributed by atoms with Gasteiger partial charge < -0.3 is 10.5 Å². The van der Waals surface area contributed by atoms with Gasteiger partial charge >= 0.3 is 5.69 Å². The average molecular weight is 466 g/mol. The minimum atomic E-state index is -2.19. The summed E-state index contributed by atoms with van der Waals surface area (Å²) in [5.41, 5.74) is 2.72. The molecule has 0 atom stereocenters. The van der Waals surface area contributed by atoms with Crippen LogP contribution in [0.5, 0.6) is 0 Å². The van der Waals surface area contributed by atoms with E-state index in [4.69, 9.17) is 10.5 Å². The average Bonchev–Trinajstić information content (AvgIpc) is 2.79. The van der Waals surface area contributed by atoms with Crippen molar-refractivity contribution in [2.75, 3.05) is 24.4 Å². The second kappa shape index (κ2) is 9.69. The zero-order valence-corrected chi connectivity index (χ0v) is 17.2. The number of aromatic amines is 1. The predicted molar refractivity (Wildman–Crippen MR) is 111 cm³/mol. The number of nitrogen functional groups attached to an aromatic ring is 1. The van der Waals surface area contributed by atoms with E-state index in [1.807, 2.05) is 4.98 Å². The Labute approximate surface area is 183 Å². The molecule has 33 heavy (non-hydrogen) atoms. The predicted octanol–water partition coefficient (Wildman–Crippen LogP) is 2.17. The number of H-pyrrole nitrogens is 1. The summed E-state index contributed by atoms with van der Waals surface area (Å²) in [6.07, 6.45) is 0. The molecule has 0 bridgehead atoms. The standard InChI is InChI=1S/C21H18F4N4O4/c1-33-8-7-28-18(26)17(19(30)27-21(28)32)29(10-11-5-3-2-4-6-11)20(31)12-9-13(22)15(24)16(25)14(12)23/h2-6,9H,7-8,10,26H2,1H3,(H,27,30,32). The second-order valence-corrected chi connectivity index (χ2v) is 6.86. The third-order valence-electron chi connectivity index (χ3n) is 4.76. The van der Waals surface area contributed by atoms with Crippen molar-refractivity contribution in [1.82, 2.24) is 9.55 Å². The first kappa shape index (κ1) is 23.7. The van der Waals surface area contributed by atoms with E-state index in [-0.39, 0.29) is 19.2 Å². The maximum Gasteiger partial charge on any atom is 0.330 e. The zero-order valence-electron chi connectivity index (χ0n) is 17.2. The number of benzene rings is 2. The van der Waals surface area contributed by atoms with Crippen LogP contribution < -0.4 is 21.9 Å². The first-order valence-corrected chi connectivity index (χ1v) is 9.47. The fourth-order valence-corrected chi connectivity index (χ4v) is 3.14. The molecular weight excluding hydrogens is 448 g/mol. The van der Waals surface area contributed by atoms with Crippen LogP contribution in [0.2, 0.25) is 0 Å². The summed E-state index contributed by atoms with van der Waals surface area (Å²) in [6.45, 7) is -0.479. The van der Waals surface area contributed by atoms with Crippen molar-refractivity contribution < 1.29 is 27.1 Å². The van der Waals surface area contributed by atoms with E-state index in [9.17, 15) is 31.9 Å². The highest BCUT2D eigenvalue weighted by molar-refractivity contribution is 6.07. The fourth-order valence-electron chi connectivity index (χ4n) is 3.14. The lowest BCUT2D eigenvalue weighted by Gasteiger charge is -2.25. The smallest absolute Gasteiger partial charge is 0.330 e. The SMILES string of the molecule is COCCn1c(N)c(N(Cc2ccccc2)C(=O)c2cc(F)c(F)c(F)c2F)c(=O)[nH]c1=O. The number of rotatable bonds is 7. The van der Waals surface area contributed by atoms with Crippen LogP contribution in [-0.4, -0.2) is 29.2 Å². The monoisotopic (exact) mass is 466 g/mol. The molecule has 0 unspecified atom stereocenters. The third kappa shape index (κ3) is 4.65. The van der Waals surface area contributed by atoms with Crippen LogP contribution in [0.25, 0.3) is 0 Å². The molecule has 0 spiro atoms. The Morgan fingerprint density at radius 3 is 2.39 bits per heavy atom. The molecule has 1 aromatic heterocycles. The molecule has 12 heteroatoms. The first-order valence-electron chi connectivity index (χ1n) is 9.47. The molecule has 3 aromatic rings. The number of nitrogens with zero attached hydrogens (tertiary/aromatic N) is 2. The first-order chi connectivity index (χ1) is 15.7. The molecule has 8 nitrogen and oxygen atoms in total. The highest BCUT2D eigenvalue weighted by Gasteiger charge is 2.30. The van der Waals surface area contributed by atoms with Gasteiger partial charge in [-0.2, -0.15) is 0 Å². The van der Waals surface area contributed by atoms with Crippen molar-refractivity contribution in [2.45, 2.75) is 13.1 Å². The van der Waals surface area contributed by atoms with E-state index in [1.54, 1.807) is 30.3 Å². The summed E-state index contributed by atoms with van der Waals surface area (Å²) in [5.74, 6) is -9.88. The van der Waals surface area contributed by atoms with Gasteiger partial charge in [-0.1, -0.05) is 30.3 Å². The normalized spacial score (nSPS) is 10.9. The largest absolute Gasteiger partial charge is 0.383 e. The number of carbonyl (C=O) groups excluding carboxylic acids is 1. The maximum atomic E-state index is 14.4. The molecule has 1 amide bonds. The summed E-state index contributed by atoms with van der Waals surface area (Å²) >= 11 is 0. The number of anilines is 2. The van der Waals surface area contributed by atoms with Crippen LogP contribution >= 0.6 is 0 Å². The molecule has 174 valence electrons. The molecule has 0 aliphatic rings. The van der Waals surface area contributed by atoms with Gasteiger partial charge in [0.05, 0.1) is 25.3 Å². The van der Waals surface area contributed by atoms with Gasteiger partial charge in [-0.25, -0.2) is 22.4 Å². The third-order valence-corrected chi connectivity index (χ3v) is 4.76. The van der Waals surface area contributed by atoms with Gasteiger partial charge in [-0.05, 0) is 11.6 Å². The summed E-state index contributed by atoms with van der Waals surface area (Å²) in [4.78, 5) is 40.7. The summed E-state index contributed by atoms with van der Waals surface area (Å²) < 4.78 is 61.2. The van der Waals surface area contributed by atoms with Crippen molar-refractivity contribution in [1.29, 1.82) is 0 Å². The Balaban J connectivity index is 2.24. The van der Waals surface area contributed by atoms with Crippen molar-refractivity contribution in [3.05, 3.63) is 91.6 Å². The van der Waals surface area contributed by atoms with Gasteiger partial charge in [0.1, 0.15) is 5.82 Å². The second-order valence-electron chi connectivity index (χ2n) is 6.86. The maximum absolute atomic E-state index is 14.4. The topological polar surface area (TPSA) is 110 Å². The lowest BCUT2D eigenvalue weighted by molar-refractivity contribution is 0.0978. The van der Waals surface area contributed by atoms with E-state index in [0.717, 1.165) is 4.57 Å². The number of nitrogens with one attached hydrogen (secondary N) is 1. The molecule has 3 rings (SSSR count). The van der Waals surface area contributed by atoms with Crippen LogP contribution in [0.15, 0.2) is 46.0 Å². The summed E-state index contributed by atoms with van der Waals surface area (Å²) in [6, 6.07) is 8.21.